The Bertz CT molecular complexity index is 542. The fourth-order valence-corrected chi connectivity index (χ4v) is 1.55. The molecule has 5 heteroatoms. The number of anilines is 2. The van der Waals surface area contributed by atoms with E-state index in [1.54, 1.807) is 24.5 Å². The summed E-state index contributed by atoms with van der Waals surface area (Å²) in [6.07, 6.45) is 4.21. The highest BCUT2D eigenvalue weighted by Gasteiger charge is 2.06. The molecular formula is C14H16N4O. The number of hydrogen-bond acceptors (Lipinski definition) is 4. The van der Waals surface area contributed by atoms with E-state index in [1.165, 1.54) is 0 Å². The molecule has 0 aliphatic rings. The van der Waals surface area contributed by atoms with Gasteiger partial charge in [0.25, 0.3) is 5.91 Å². The van der Waals surface area contributed by atoms with E-state index in [0.717, 1.165) is 6.42 Å². The lowest BCUT2D eigenvalue weighted by Crippen LogP contribution is -2.24. The summed E-state index contributed by atoms with van der Waals surface area (Å²) < 4.78 is 0. The molecule has 2 aromatic heterocycles. The molecule has 0 saturated heterocycles. The first-order chi connectivity index (χ1) is 9.29. The molecule has 0 atom stereocenters. The molecule has 0 saturated carbocycles. The van der Waals surface area contributed by atoms with Crippen molar-refractivity contribution in [3.8, 4) is 0 Å². The summed E-state index contributed by atoms with van der Waals surface area (Å²) >= 11 is 0. The van der Waals surface area contributed by atoms with Gasteiger partial charge in [-0.3, -0.25) is 4.79 Å². The van der Waals surface area contributed by atoms with E-state index in [0.29, 0.717) is 23.7 Å². The Morgan fingerprint density at radius 2 is 2.00 bits per heavy atom. The van der Waals surface area contributed by atoms with Gasteiger partial charge in [0.15, 0.2) is 0 Å². The van der Waals surface area contributed by atoms with Crippen molar-refractivity contribution in [2.75, 3.05) is 11.9 Å². The zero-order chi connectivity index (χ0) is 13.5. The largest absolute Gasteiger partial charge is 0.352 e. The lowest BCUT2D eigenvalue weighted by Gasteiger charge is -2.07. The van der Waals surface area contributed by atoms with Crippen molar-refractivity contribution in [1.29, 1.82) is 0 Å². The Balaban J connectivity index is 2.09. The number of hydrogen-bond donors (Lipinski definition) is 2. The SMILES string of the molecule is CCCNC(=O)c1ccnc(Nc2ccccn2)c1. The molecule has 98 valence electrons. The normalized spacial score (nSPS) is 9.95. The molecule has 2 aromatic rings. The molecule has 5 nitrogen and oxygen atoms in total. The maximum Gasteiger partial charge on any atom is 0.251 e. The van der Waals surface area contributed by atoms with E-state index in [2.05, 4.69) is 20.6 Å². The van der Waals surface area contributed by atoms with Gasteiger partial charge in [-0.15, -0.1) is 0 Å². The quantitative estimate of drug-likeness (QED) is 0.861. The van der Waals surface area contributed by atoms with E-state index in [-0.39, 0.29) is 5.91 Å². The second-order valence-electron chi connectivity index (χ2n) is 4.03. The number of nitrogens with one attached hydrogen (secondary N) is 2. The number of carbonyl (C=O) groups is 1. The maximum atomic E-state index is 11.8. The van der Waals surface area contributed by atoms with Crippen molar-refractivity contribution in [2.24, 2.45) is 0 Å². The van der Waals surface area contributed by atoms with Crippen molar-refractivity contribution in [3.63, 3.8) is 0 Å². The number of amides is 1. The Morgan fingerprint density at radius 3 is 2.74 bits per heavy atom. The second-order valence-corrected chi connectivity index (χ2v) is 4.03. The Kier molecular flexibility index (Phi) is 4.44. The molecule has 0 aromatic carbocycles. The fraction of sp³-hybridized carbons (Fsp3) is 0.214. The molecule has 0 bridgehead atoms. The monoisotopic (exact) mass is 256 g/mol. The Labute approximate surface area is 112 Å². The smallest absolute Gasteiger partial charge is 0.251 e. The molecule has 0 spiro atoms. The number of pyridine rings is 2. The van der Waals surface area contributed by atoms with Crippen LogP contribution in [0.3, 0.4) is 0 Å². The molecule has 0 aliphatic heterocycles. The van der Waals surface area contributed by atoms with Gasteiger partial charge in [-0.25, -0.2) is 9.97 Å². The maximum absolute atomic E-state index is 11.8. The summed E-state index contributed by atoms with van der Waals surface area (Å²) in [5.41, 5.74) is 0.585. The highest BCUT2D eigenvalue weighted by Crippen LogP contribution is 2.12. The van der Waals surface area contributed by atoms with Crippen LogP contribution < -0.4 is 10.6 Å². The fourth-order valence-electron chi connectivity index (χ4n) is 1.55. The van der Waals surface area contributed by atoms with E-state index in [9.17, 15) is 4.79 Å². The van der Waals surface area contributed by atoms with Crippen LogP contribution in [0.25, 0.3) is 0 Å². The van der Waals surface area contributed by atoms with Crippen molar-refractivity contribution in [1.82, 2.24) is 15.3 Å². The van der Waals surface area contributed by atoms with Gasteiger partial charge in [0.2, 0.25) is 0 Å². The molecule has 0 radical (unpaired) electrons. The van der Waals surface area contributed by atoms with Crippen molar-refractivity contribution >= 4 is 17.5 Å². The van der Waals surface area contributed by atoms with Crippen LogP contribution in [-0.2, 0) is 0 Å². The van der Waals surface area contributed by atoms with Gasteiger partial charge in [-0.1, -0.05) is 13.0 Å². The molecule has 0 fully saturated rings. The van der Waals surface area contributed by atoms with Crippen LogP contribution in [0.1, 0.15) is 23.7 Å². The molecule has 0 aliphatic carbocycles. The van der Waals surface area contributed by atoms with Gasteiger partial charge in [0.1, 0.15) is 11.6 Å². The molecule has 19 heavy (non-hydrogen) atoms. The van der Waals surface area contributed by atoms with E-state index >= 15 is 0 Å². The third kappa shape index (κ3) is 3.77. The zero-order valence-corrected chi connectivity index (χ0v) is 10.8. The molecule has 1 amide bonds. The number of nitrogens with zero attached hydrogens (tertiary/aromatic N) is 2. The molecule has 2 rings (SSSR count). The predicted octanol–water partition coefficient (Wildman–Crippen LogP) is 2.36. The van der Waals surface area contributed by atoms with Crippen LogP contribution in [0.5, 0.6) is 0 Å². The molecule has 2 heterocycles. The first-order valence-electron chi connectivity index (χ1n) is 6.22. The van der Waals surface area contributed by atoms with Gasteiger partial charge in [0.05, 0.1) is 0 Å². The second kappa shape index (κ2) is 6.49. The molecular weight excluding hydrogens is 240 g/mol. The minimum absolute atomic E-state index is 0.0895. The van der Waals surface area contributed by atoms with Crippen LogP contribution in [0.2, 0.25) is 0 Å². The molecule has 2 N–H and O–H groups in total. The van der Waals surface area contributed by atoms with Gasteiger partial charge >= 0.3 is 0 Å². The summed E-state index contributed by atoms with van der Waals surface area (Å²) in [6.45, 7) is 2.69. The Morgan fingerprint density at radius 1 is 1.16 bits per heavy atom. The summed E-state index contributed by atoms with van der Waals surface area (Å²) in [7, 11) is 0. The minimum Gasteiger partial charge on any atom is -0.352 e. The summed E-state index contributed by atoms with van der Waals surface area (Å²) in [5.74, 6) is 1.21. The summed E-state index contributed by atoms with van der Waals surface area (Å²) in [6, 6.07) is 8.96. The number of aromatic nitrogens is 2. The van der Waals surface area contributed by atoms with Gasteiger partial charge in [0, 0.05) is 24.5 Å². The van der Waals surface area contributed by atoms with Crippen LogP contribution >= 0.6 is 0 Å². The number of carbonyl (C=O) groups excluding carboxylic acids is 1. The third-order valence-electron chi connectivity index (χ3n) is 2.48. The van der Waals surface area contributed by atoms with Gasteiger partial charge in [-0.05, 0) is 30.7 Å². The summed E-state index contributed by atoms with van der Waals surface area (Å²) in [5, 5.41) is 5.88. The van der Waals surface area contributed by atoms with Crippen LogP contribution in [0.4, 0.5) is 11.6 Å². The van der Waals surface area contributed by atoms with E-state index in [1.807, 2.05) is 25.1 Å². The highest BCUT2D eigenvalue weighted by atomic mass is 16.1. The van der Waals surface area contributed by atoms with Crippen molar-refractivity contribution < 1.29 is 4.79 Å². The Hall–Kier alpha value is -2.43. The first kappa shape index (κ1) is 13.0. The third-order valence-corrected chi connectivity index (χ3v) is 2.48. The molecule has 0 unspecified atom stereocenters. The number of rotatable bonds is 5. The lowest BCUT2D eigenvalue weighted by molar-refractivity contribution is 0.0953. The van der Waals surface area contributed by atoms with Crippen LogP contribution in [0, 0.1) is 0 Å². The zero-order valence-electron chi connectivity index (χ0n) is 10.8. The predicted molar refractivity (Wildman–Crippen MR) is 74.4 cm³/mol. The van der Waals surface area contributed by atoms with Gasteiger partial charge in [-0.2, -0.15) is 0 Å². The van der Waals surface area contributed by atoms with E-state index < -0.39 is 0 Å². The van der Waals surface area contributed by atoms with Crippen molar-refractivity contribution in [2.45, 2.75) is 13.3 Å². The average molecular weight is 256 g/mol. The first-order valence-corrected chi connectivity index (χ1v) is 6.22. The lowest BCUT2D eigenvalue weighted by atomic mass is 10.2. The van der Waals surface area contributed by atoms with Crippen molar-refractivity contribution in [3.05, 3.63) is 48.3 Å². The van der Waals surface area contributed by atoms with Crippen LogP contribution in [-0.4, -0.2) is 22.4 Å². The average Bonchev–Trinajstić information content (AvgIpc) is 2.46. The van der Waals surface area contributed by atoms with Crippen LogP contribution in [0.15, 0.2) is 42.7 Å². The highest BCUT2D eigenvalue weighted by molar-refractivity contribution is 5.94. The van der Waals surface area contributed by atoms with Gasteiger partial charge < -0.3 is 10.6 Å². The topological polar surface area (TPSA) is 66.9 Å². The van der Waals surface area contributed by atoms with E-state index in [4.69, 9.17) is 0 Å². The minimum atomic E-state index is -0.0895. The standard InChI is InChI=1S/C14H16N4O/c1-2-7-17-14(19)11-6-9-16-13(10-11)18-12-5-3-4-8-15-12/h3-6,8-10H,2,7H2,1H3,(H,17,19)(H,15,16,18). The summed E-state index contributed by atoms with van der Waals surface area (Å²) in [4.78, 5) is 20.1.